The maximum Gasteiger partial charge on any atom is 0.264 e. The summed E-state index contributed by atoms with van der Waals surface area (Å²) in [5.74, 6) is 0. The monoisotopic (exact) mass is 197 g/mol. The minimum atomic E-state index is -3.93. The van der Waals surface area contributed by atoms with Crippen LogP contribution in [0.25, 0.3) is 0 Å². The molecule has 0 aliphatic heterocycles. The largest absolute Gasteiger partial charge is 0.274 e. The van der Waals surface area contributed by atoms with Crippen molar-refractivity contribution < 1.29 is 12.5 Å². The van der Waals surface area contributed by atoms with Crippen LogP contribution in [0.4, 0.5) is 0 Å². The Hall–Kier alpha value is -0.550. The van der Waals surface area contributed by atoms with Crippen molar-refractivity contribution in [1.82, 2.24) is 9.78 Å². The summed E-state index contributed by atoms with van der Waals surface area (Å²) >= 11 is 0. The molecule has 1 rings (SSSR count). The van der Waals surface area contributed by atoms with Crippen LogP contribution in [0.5, 0.6) is 0 Å². The molecule has 0 atom stereocenters. The number of hydrogen-bond acceptors (Lipinski definition) is 3. The second-order valence-electron chi connectivity index (χ2n) is 1.96. The standard InChI is InChI=1S/C5H7ClN2O2S/c1-4-5(11(6,9)10)3-8(2)7-4/h3H,1-2H3/i2D3. The Balaban J connectivity index is 3.33. The molecule has 1 aromatic heterocycles. The molecule has 0 amide bonds. The number of nitrogens with zero attached hydrogens (tertiary/aromatic N) is 2. The average Bonchev–Trinajstić information content (AvgIpc) is 2.27. The summed E-state index contributed by atoms with van der Waals surface area (Å²) in [5.41, 5.74) is 0.0659. The van der Waals surface area contributed by atoms with E-state index in [-0.39, 0.29) is 10.6 Å². The molecular weight excluding hydrogens is 188 g/mol. The van der Waals surface area contributed by atoms with Gasteiger partial charge in [-0.2, -0.15) is 5.10 Å². The van der Waals surface area contributed by atoms with Gasteiger partial charge in [-0.3, -0.25) is 4.68 Å². The van der Waals surface area contributed by atoms with E-state index < -0.39 is 16.0 Å². The van der Waals surface area contributed by atoms with Gasteiger partial charge in [0.15, 0.2) is 0 Å². The lowest BCUT2D eigenvalue weighted by molar-refractivity contribution is 0.609. The molecule has 0 bridgehead atoms. The molecule has 0 saturated carbocycles. The lowest BCUT2D eigenvalue weighted by Crippen LogP contribution is -1.89. The molecule has 0 aromatic carbocycles. The first kappa shape index (κ1) is 5.16. The van der Waals surface area contributed by atoms with Gasteiger partial charge in [0.25, 0.3) is 9.05 Å². The van der Waals surface area contributed by atoms with E-state index in [4.69, 9.17) is 14.8 Å². The zero-order valence-corrected chi connectivity index (χ0v) is 7.15. The third-order valence-corrected chi connectivity index (χ3v) is 2.54. The third kappa shape index (κ3) is 1.72. The zero-order valence-electron chi connectivity index (χ0n) is 8.57. The third-order valence-electron chi connectivity index (χ3n) is 1.12. The summed E-state index contributed by atoms with van der Waals surface area (Å²) in [6.07, 6.45) is 0.894. The van der Waals surface area contributed by atoms with Crippen molar-refractivity contribution in [2.75, 3.05) is 0 Å². The summed E-state index contributed by atoms with van der Waals surface area (Å²) in [6.45, 7) is -1.12. The van der Waals surface area contributed by atoms with E-state index in [2.05, 4.69) is 5.10 Å². The first-order valence-corrected chi connectivity index (χ1v) is 4.95. The molecule has 0 spiro atoms. The van der Waals surface area contributed by atoms with E-state index in [1.54, 1.807) is 0 Å². The fourth-order valence-corrected chi connectivity index (χ4v) is 1.76. The summed E-state index contributed by atoms with van der Waals surface area (Å²) < 4.78 is 43.4. The van der Waals surface area contributed by atoms with Gasteiger partial charge in [-0.05, 0) is 6.92 Å². The van der Waals surface area contributed by atoms with Crippen molar-refractivity contribution in [2.24, 2.45) is 6.98 Å². The molecule has 1 aromatic rings. The summed E-state index contributed by atoms with van der Waals surface area (Å²) in [6, 6.07) is 0. The minimum Gasteiger partial charge on any atom is -0.274 e. The van der Waals surface area contributed by atoms with Crippen LogP contribution in [0.15, 0.2) is 11.1 Å². The summed E-state index contributed by atoms with van der Waals surface area (Å²) in [5, 5.41) is 3.54. The van der Waals surface area contributed by atoms with Gasteiger partial charge in [0.1, 0.15) is 4.90 Å². The second-order valence-corrected chi connectivity index (χ2v) is 4.50. The first-order valence-electron chi connectivity index (χ1n) is 4.14. The Labute approximate surface area is 73.4 Å². The van der Waals surface area contributed by atoms with Gasteiger partial charge in [0.05, 0.1) is 5.69 Å². The van der Waals surface area contributed by atoms with Crippen molar-refractivity contribution in [1.29, 1.82) is 0 Å². The summed E-state index contributed by atoms with van der Waals surface area (Å²) in [7, 11) is 1.13. The molecule has 11 heavy (non-hydrogen) atoms. The van der Waals surface area contributed by atoms with Crippen LogP contribution in [0.2, 0.25) is 0 Å². The van der Waals surface area contributed by atoms with Crippen LogP contribution < -0.4 is 0 Å². The highest BCUT2D eigenvalue weighted by Gasteiger charge is 2.15. The lowest BCUT2D eigenvalue weighted by Gasteiger charge is -1.87. The highest BCUT2D eigenvalue weighted by Crippen LogP contribution is 2.16. The molecule has 0 saturated heterocycles. The second kappa shape index (κ2) is 2.49. The molecule has 0 aliphatic carbocycles. The van der Waals surface area contributed by atoms with Gasteiger partial charge in [-0.15, -0.1) is 0 Å². The number of aromatic nitrogens is 2. The Kier molecular flexibility index (Phi) is 1.17. The van der Waals surface area contributed by atoms with Crippen LogP contribution in [0, 0.1) is 6.92 Å². The van der Waals surface area contributed by atoms with Gasteiger partial charge >= 0.3 is 0 Å². The van der Waals surface area contributed by atoms with Gasteiger partial charge in [0, 0.05) is 28.0 Å². The first-order chi connectivity index (χ1) is 6.12. The highest BCUT2D eigenvalue weighted by atomic mass is 35.7. The van der Waals surface area contributed by atoms with E-state index in [0.29, 0.717) is 4.68 Å². The maximum absolute atomic E-state index is 10.9. The van der Waals surface area contributed by atoms with Crippen molar-refractivity contribution in [3.63, 3.8) is 0 Å². The van der Waals surface area contributed by atoms with E-state index in [1.165, 1.54) is 6.92 Å². The smallest absolute Gasteiger partial charge is 0.264 e. The van der Waals surface area contributed by atoms with E-state index in [0.717, 1.165) is 6.20 Å². The Morgan fingerprint density at radius 1 is 1.82 bits per heavy atom. The molecule has 0 N–H and O–H groups in total. The number of aryl methyl sites for hydroxylation is 2. The zero-order chi connectivity index (χ0) is 11.1. The molecule has 0 fully saturated rings. The van der Waals surface area contributed by atoms with Crippen molar-refractivity contribution >= 4 is 19.7 Å². The maximum atomic E-state index is 10.9. The SMILES string of the molecule is [2H]C([2H])([2H])n1cc(S(=O)(=O)Cl)c(C)n1. The Bertz CT molecular complexity index is 450. The van der Waals surface area contributed by atoms with Gasteiger partial charge in [-0.1, -0.05) is 0 Å². The van der Waals surface area contributed by atoms with E-state index in [9.17, 15) is 8.42 Å². The van der Waals surface area contributed by atoms with Crippen molar-refractivity contribution in [3.05, 3.63) is 11.9 Å². The van der Waals surface area contributed by atoms with Gasteiger partial charge in [0.2, 0.25) is 0 Å². The topological polar surface area (TPSA) is 52.0 Å². The Morgan fingerprint density at radius 3 is 2.73 bits per heavy atom. The van der Waals surface area contributed by atoms with Gasteiger partial charge < -0.3 is 0 Å². The minimum absolute atomic E-state index is 0.0659. The van der Waals surface area contributed by atoms with Crippen molar-refractivity contribution in [3.8, 4) is 0 Å². The van der Waals surface area contributed by atoms with E-state index >= 15 is 0 Å². The molecular formula is C5H7ClN2O2S. The predicted octanol–water partition coefficient (Wildman–Crippen LogP) is 0.656. The fraction of sp³-hybridized carbons (Fsp3) is 0.400. The van der Waals surface area contributed by atoms with Crippen LogP contribution in [0.1, 0.15) is 9.81 Å². The van der Waals surface area contributed by atoms with Crippen molar-refractivity contribution in [2.45, 2.75) is 11.8 Å². The molecule has 0 radical (unpaired) electrons. The predicted molar refractivity (Wildman–Crippen MR) is 41.0 cm³/mol. The molecule has 4 nitrogen and oxygen atoms in total. The quantitative estimate of drug-likeness (QED) is 0.622. The number of rotatable bonds is 1. The fourth-order valence-electron chi connectivity index (χ4n) is 0.684. The summed E-state index contributed by atoms with van der Waals surface area (Å²) in [4.78, 5) is -0.282. The van der Waals surface area contributed by atoms with Crippen LogP contribution in [0.3, 0.4) is 0 Å². The number of hydrogen-bond donors (Lipinski definition) is 0. The van der Waals surface area contributed by atoms with Crippen LogP contribution >= 0.6 is 10.7 Å². The van der Waals surface area contributed by atoms with E-state index in [1.807, 2.05) is 0 Å². The van der Waals surface area contributed by atoms with Gasteiger partial charge in [-0.25, -0.2) is 8.42 Å². The molecule has 6 heteroatoms. The van der Waals surface area contributed by atoms with Crippen LogP contribution in [-0.2, 0) is 16.0 Å². The van der Waals surface area contributed by atoms with Crippen LogP contribution in [-0.4, -0.2) is 18.2 Å². The average molecular weight is 198 g/mol. The normalized spacial score (nSPS) is 17.1. The molecule has 1 heterocycles. The molecule has 0 aliphatic rings. The highest BCUT2D eigenvalue weighted by molar-refractivity contribution is 8.13. The lowest BCUT2D eigenvalue weighted by atomic mass is 10.5. The number of halogens is 1. The molecule has 62 valence electrons. The molecule has 0 unspecified atom stereocenters. The Morgan fingerprint density at radius 2 is 2.45 bits per heavy atom.